The Kier molecular flexibility index (Phi) is 7.04. The lowest BCUT2D eigenvalue weighted by Crippen LogP contribution is -2.43. The van der Waals surface area contributed by atoms with Gasteiger partial charge >= 0.3 is 0 Å². The zero-order chi connectivity index (χ0) is 16.5. The molecule has 0 saturated carbocycles. The van der Waals surface area contributed by atoms with E-state index >= 15 is 0 Å². The molecule has 0 radical (unpaired) electrons. The van der Waals surface area contributed by atoms with Crippen LogP contribution in [-0.2, 0) is 14.8 Å². The van der Waals surface area contributed by atoms with Crippen LogP contribution in [0.15, 0.2) is 30.3 Å². The monoisotopic (exact) mass is 319 g/mol. The minimum atomic E-state index is -3.86. The van der Waals surface area contributed by atoms with Gasteiger partial charge in [-0.1, -0.05) is 50.1 Å². The van der Waals surface area contributed by atoms with Crippen molar-refractivity contribution >= 4 is 10.0 Å². The number of unbranched alkanes of at least 4 members (excludes halogenated alkanes) is 2. The van der Waals surface area contributed by atoms with Gasteiger partial charge in [0, 0.05) is 13.0 Å². The molecule has 0 fully saturated rings. The van der Waals surface area contributed by atoms with Gasteiger partial charge in [0.25, 0.3) is 0 Å². The van der Waals surface area contributed by atoms with Gasteiger partial charge in [0.2, 0.25) is 10.0 Å². The summed E-state index contributed by atoms with van der Waals surface area (Å²) in [6.07, 6.45) is 2.40. The van der Waals surface area contributed by atoms with Crippen LogP contribution in [0.25, 0.3) is 0 Å². The smallest absolute Gasteiger partial charge is 0.214 e. The number of hydrogen-bond donors (Lipinski definition) is 1. The molecule has 1 aromatic carbocycles. The van der Waals surface area contributed by atoms with Crippen LogP contribution in [0.1, 0.15) is 44.6 Å². The van der Waals surface area contributed by atoms with Crippen molar-refractivity contribution in [1.29, 1.82) is 10.5 Å². The molecule has 0 bridgehead atoms. The van der Waals surface area contributed by atoms with E-state index < -0.39 is 14.8 Å². The Hall–Kier alpha value is -1.89. The Labute approximate surface area is 132 Å². The van der Waals surface area contributed by atoms with Crippen LogP contribution in [0.2, 0.25) is 0 Å². The molecule has 1 atom stereocenters. The highest BCUT2D eigenvalue weighted by Gasteiger charge is 2.45. The number of benzene rings is 1. The standard InChI is InChI=1S/C16H21N3O2S/c1-2-3-11-16(14-18,15-9-5-4-6-10-15)22(20,21)19-13-8-7-12-17/h4-6,9-10,19H,2-3,7-8,11,13H2,1H3. The van der Waals surface area contributed by atoms with Crippen molar-refractivity contribution in [3.63, 3.8) is 0 Å². The summed E-state index contributed by atoms with van der Waals surface area (Å²) in [5, 5.41) is 18.2. The fourth-order valence-corrected chi connectivity index (χ4v) is 3.88. The Morgan fingerprint density at radius 1 is 1.18 bits per heavy atom. The van der Waals surface area contributed by atoms with Crippen LogP contribution >= 0.6 is 0 Å². The minimum Gasteiger partial charge on any atom is -0.214 e. The first kappa shape index (κ1) is 18.2. The molecule has 6 heteroatoms. The van der Waals surface area contributed by atoms with Crippen LogP contribution in [-0.4, -0.2) is 15.0 Å². The molecule has 0 aliphatic heterocycles. The Morgan fingerprint density at radius 2 is 1.86 bits per heavy atom. The number of sulfonamides is 1. The number of nitriles is 2. The first-order valence-electron chi connectivity index (χ1n) is 7.37. The van der Waals surface area contributed by atoms with E-state index in [4.69, 9.17) is 5.26 Å². The third-order valence-corrected chi connectivity index (χ3v) is 5.55. The second kappa shape index (κ2) is 8.53. The Morgan fingerprint density at radius 3 is 2.41 bits per heavy atom. The van der Waals surface area contributed by atoms with Gasteiger partial charge in [0.05, 0.1) is 12.1 Å². The van der Waals surface area contributed by atoms with Crippen molar-refractivity contribution in [3.8, 4) is 12.1 Å². The van der Waals surface area contributed by atoms with Crippen molar-refractivity contribution in [1.82, 2.24) is 4.72 Å². The second-order valence-electron chi connectivity index (χ2n) is 5.07. The SMILES string of the molecule is CCCCC(C#N)(c1ccccc1)S(=O)(=O)NCCCC#N. The summed E-state index contributed by atoms with van der Waals surface area (Å²) in [6.45, 7) is 2.12. The zero-order valence-corrected chi connectivity index (χ0v) is 13.6. The predicted octanol–water partition coefficient (Wildman–Crippen LogP) is 2.82. The first-order chi connectivity index (χ1) is 10.5. The van der Waals surface area contributed by atoms with Crippen molar-refractivity contribution < 1.29 is 8.42 Å². The van der Waals surface area contributed by atoms with Gasteiger partial charge in [-0.2, -0.15) is 10.5 Å². The summed E-state index contributed by atoms with van der Waals surface area (Å²) in [7, 11) is -3.86. The van der Waals surface area contributed by atoms with Gasteiger partial charge in [-0.05, 0) is 18.4 Å². The van der Waals surface area contributed by atoms with E-state index in [0.29, 0.717) is 18.4 Å². The van der Waals surface area contributed by atoms with Crippen LogP contribution in [0.3, 0.4) is 0 Å². The normalized spacial score (nSPS) is 13.8. The van der Waals surface area contributed by atoms with Crippen molar-refractivity contribution in [3.05, 3.63) is 35.9 Å². The van der Waals surface area contributed by atoms with E-state index in [0.717, 1.165) is 6.42 Å². The quantitative estimate of drug-likeness (QED) is 0.708. The highest BCUT2D eigenvalue weighted by atomic mass is 32.2. The molecular formula is C16H21N3O2S. The topological polar surface area (TPSA) is 93.8 Å². The molecule has 0 heterocycles. The number of nitrogens with one attached hydrogen (secondary N) is 1. The summed E-state index contributed by atoms with van der Waals surface area (Å²) in [4.78, 5) is 0. The third-order valence-electron chi connectivity index (χ3n) is 3.52. The van der Waals surface area contributed by atoms with Crippen LogP contribution in [0.4, 0.5) is 0 Å². The lowest BCUT2D eigenvalue weighted by molar-refractivity contribution is 0.521. The highest BCUT2D eigenvalue weighted by Crippen LogP contribution is 2.34. The van der Waals surface area contributed by atoms with Gasteiger partial charge < -0.3 is 0 Å². The predicted molar refractivity (Wildman–Crippen MR) is 85.0 cm³/mol. The molecular weight excluding hydrogens is 298 g/mol. The lowest BCUT2D eigenvalue weighted by Gasteiger charge is -2.27. The van der Waals surface area contributed by atoms with Crippen molar-refractivity contribution in [2.75, 3.05) is 6.54 Å². The highest BCUT2D eigenvalue weighted by molar-refractivity contribution is 7.90. The maximum absolute atomic E-state index is 12.7. The molecule has 0 aromatic heterocycles. The van der Waals surface area contributed by atoms with E-state index in [9.17, 15) is 13.7 Å². The Bertz CT molecular complexity index is 644. The molecule has 1 aromatic rings. The van der Waals surface area contributed by atoms with E-state index in [1.54, 1.807) is 30.3 Å². The third kappa shape index (κ3) is 4.07. The van der Waals surface area contributed by atoms with Crippen molar-refractivity contribution in [2.24, 2.45) is 0 Å². The second-order valence-corrected chi connectivity index (χ2v) is 7.06. The first-order valence-corrected chi connectivity index (χ1v) is 8.85. The molecule has 0 saturated heterocycles. The fraction of sp³-hybridized carbons (Fsp3) is 0.500. The average molecular weight is 319 g/mol. The molecule has 1 N–H and O–H groups in total. The van der Waals surface area contributed by atoms with Gasteiger partial charge in [-0.15, -0.1) is 0 Å². The van der Waals surface area contributed by atoms with Gasteiger partial charge in [-0.25, -0.2) is 13.1 Å². The van der Waals surface area contributed by atoms with Crippen LogP contribution in [0.5, 0.6) is 0 Å². The lowest BCUT2D eigenvalue weighted by atomic mass is 9.94. The zero-order valence-electron chi connectivity index (χ0n) is 12.7. The van der Waals surface area contributed by atoms with E-state index in [1.165, 1.54) is 0 Å². The number of hydrogen-bond acceptors (Lipinski definition) is 4. The molecule has 1 unspecified atom stereocenters. The average Bonchev–Trinajstić information content (AvgIpc) is 2.53. The van der Waals surface area contributed by atoms with Gasteiger partial charge in [-0.3, -0.25) is 0 Å². The fourth-order valence-electron chi connectivity index (χ4n) is 2.24. The number of rotatable bonds is 9. The van der Waals surface area contributed by atoms with Crippen LogP contribution < -0.4 is 4.72 Å². The van der Waals surface area contributed by atoms with E-state index in [1.807, 2.05) is 19.1 Å². The molecule has 0 spiro atoms. The Balaban J connectivity index is 3.14. The maximum atomic E-state index is 12.7. The molecule has 5 nitrogen and oxygen atoms in total. The summed E-state index contributed by atoms with van der Waals surface area (Å²) in [5.74, 6) is 0. The van der Waals surface area contributed by atoms with Crippen LogP contribution in [0, 0.1) is 22.7 Å². The summed E-state index contributed by atoms with van der Waals surface area (Å²) >= 11 is 0. The summed E-state index contributed by atoms with van der Waals surface area (Å²) in [5.41, 5.74) is 0.485. The number of nitrogens with zero attached hydrogens (tertiary/aromatic N) is 2. The van der Waals surface area contributed by atoms with E-state index in [-0.39, 0.29) is 19.4 Å². The molecule has 1 rings (SSSR count). The van der Waals surface area contributed by atoms with Gasteiger partial charge in [0.1, 0.15) is 0 Å². The maximum Gasteiger partial charge on any atom is 0.235 e. The molecule has 0 amide bonds. The largest absolute Gasteiger partial charge is 0.235 e. The summed E-state index contributed by atoms with van der Waals surface area (Å²) in [6, 6.07) is 12.6. The summed E-state index contributed by atoms with van der Waals surface area (Å²) < 4.78 is 26.4. The molecule has 118 valence electrons. The van der Waals surface area contributed by atoms with Gasteiger partial charge in [0.15, 0.2) is 4.75 Å². The molecule has 0 aliphatic rings. The minimum absolute atomic E-state index is 0.165. The molecule has 0 aliphatic carbocycles. The van der Waals surface area contributed by atoms with E-state index in [2.05, 4.69) is 4.72 Å². The van der Waals surface area contributed by atoms with Crippen molar-refractivity contribution in [2.45, 2.75) is 43.8 Å². The molecule has 22 heavy (non-hydrogen) atoms.